The van der Waals surface area contributed by atoms with E-state index >= 15 is 0 Å². The van der Waals surface area contributed by atoms with Gasteiger partial charge in [-0.15, -0.1) is 0 Å². The molecule has 0 unspecified atom stereocenters. The Bertz CT molecular complexity index is 1450. The summed E-state index contributed by atoms with van der Waals surface area (Å²) in [6, 6.07) is 33.1. The minimum atomic E-state index is -0.416. The molecule has 184 valence electrons. The molecule has 0 saturated heterocycles. The molecule has 4 aromatic carbocycles. The monoisotopic (exact) mass is 489 g/mol. The molecule has 37 heavy (non-hydrogen) atoms. The van der Waals surface area contributed by atoms with Gasteiger partial charge in [-0.05, 0) is 54.4 Å². The highest BCUT2D eigenvalue weighted by Gasteiger charge is 2.29. The first-order chi connectivity index (χ1) is 18.1. The zero-order valence-electron chi connectivity index (χ0n) is 20.5. The fourth-order valence-electron chi connectivity index (χ4n) is 4.26. The topological polar surface area (TPSA) is 79.5 Å². The zero-order valence-corrected chi connectivity index (χ0v) is 20.5. The van der Waals surface area contributed by atoms with Crippen LogP contribution in [0.25, 0.3) is 11.3 Å². The Morgan fingerprint density at radius 2 is 1.51 bits per heavy atom. The fourth-order valence-corrected chi connectivity index (χ4v) is 4.26. The van der Waals surface area contributed by atoms with Crippen molar-refractivity contribution in [2.75, 3.05) is 22.6 Å². The summed E-state index contributed by atoms with van der Waals surface area (Å²) in [4.78, 5) is 25.4. The van der Waals surface area contributed by atoms with E-state index in [9.17, 15) is 9.59 Å². The fraction of sp³-hybridized carbons (Fsp3) is 0.0968. The van der Waals surface area contributed by atoms with Crippen molar-refractivity contribution in [1.29, 1.82) is 0 Å². The summed E-state index contributed by atoms with van der Waals surface area (Å²) in [5.41, 5.74) is 6.87. The molecule has 1 aliphatic heterocycles. The van der Waals surface area contributed by atoms with Gasteiger partial charge < -0.3 is 20.7 Å². The van der Waals surface area contributed by atoms with Crippen molar-refractivity contribution in [1.82, 2.24) is 0 Å². The molecule has 6 nitrogen and oxygen atoms in total. The van der Waals surface area contributed by atoms with Gasteiger partial charge >= 0.3 is 5.97 Å². The summed E-state index contributed by atoms with van der Waals surface area (Å²) < 4.78 is 5.11. The van der Waals surface area contributed by atoms with E-state index < -0.39 is 5.97 Å². The van der Waals surface area contributed by atoms with Crippen molar-refractivity contribution in [2.45, 2.75) is 13.5 Å². The smallest absolute Gasteiger partial charge is 0.338 e. The van der Waals surface area contributed by atoms with Crippen molar-refractivity contribution < 1.29 is 14.3 Å². The predicted octanol–water partition coefficient (Wildman–Crippen LogP) is 6.41. The van der Waals surface area contributed by atoms with Gasteiger partial charge in [0.1, 0.15) is 0 Å². The molecular formula is C31H27N3O3. The minimum Gasteiger partial charge on any atom is -0.462 e. The standard InChI is InChI=1S/C31H27N3O3/c1-2-37-31(36)23-15-18-26-27(19-23)34-30(35)28(26)29(22-9-5-3-6-10-22)33-25-16-13-21(14-17-25)20-32-24-11-7-4-8-12-24/h3-19,32-33H,2,20H2,1H3,(H,34,35)/b29-28+. The Kier molecular flexibility index (Phi) is 6.99. The molecule has 0 saturated carbocycles. The summed E-state index contributed by atoms with van der Waals surface area (Å²) in [7, 11) is 0. The van der Waals surface area contributed by atoms with Crippen molar-refractivity contribution in [2.24, 2.45) is 0 Å². The number of hydrogen-bond donors (Lipinski definition) is 3. The average molecular weight is 490 g/mol. The molecule has 6 heteroatoms. The number of carbonyl (C=O) groups is 2. The minimum absolute atomic E-state index is 0.231. The molecule has 0 aromatic heterocycles. The lowest BCUT2D eigenvalue weighted by molar-refractivity contribution is -0.110. The van der Waals surface area contributed by atoms with Crippen LogP contribution < -0.4 is 16.0 Å². The number of nitrogens with one attached hydrogen (secondary N) is 3. The molecule has 1 heterocycles. The number of fused-ring (bicyclic) bond motifs is 1. The quantitative estimate of drug-likeness (QED) is 0.197. The molecule has 4 aromatic rings. The first kappa shape index (κ1) is 23.9. The van der Waals surface area contributed by atoms with E-state index in [2.05, 4.69) is 28.1 Å². The Hall–Kier alpha value is -4.84. The van der Waals surface area contributed by atoms with Gasteiger partial charge in [0.15, 0.2) is 0 Å². The number of amides is 1. The number of esters is 1. The molecule has 0 aliphatic carbocycles. The lowest BCUT2D eigenvalue weighted by Gasteiger charge is -2.15. The van der Waals surface area contributed by atoms with Gasteiger partial charge in [0, 0.05) is 23.5 Å². The molecule has 0 bridgehead atoms. The third-order valence-corrected chi connectivity index (χ3v) is 6.08. The third-order valence-electron chi connectivity index (χ3n) is 6.08. The van der Waals surface area contributed by atoms with Crippen LogP contribution in [0, 0.1) is 0 Å². The van der Waals surface area contributed by atoms with Crippen LogP contribution >= 0.6 is 0 Å². The lowest BCUT2D eigenvalue weighted by Crippen LogP contribution is -2.10. The van der Waals surface area contributed by atoms with Gasteiger partial charge in [0.25, 0.3) is 5.91 Å². The van der Waals surface area contributed by atoms with E-state index in [-0.39, 0.29) is 12.5 Å². The lowest BCUT2D eigenvalue weighted by atomic mass is 9.99. The number of benzene rings is 4. The summed E-state index contributed by atoms with van der Waals surface area (Å²) in [5.74, 6) is -0.647. The first-order valence-electron chi connectivity index (χ1n) is 12.2. The van der Waals surface area contributed by atoms with E-state index in [0.717, 1.165) is 28.1 Å². The number of ether oxygens (including phenoxy) is 1. The summed E-state index contributed by atoms with van der Waals surface area (Å²) in [5, 5.41) is 9.80. The summed E-state index contributed by atoms with van der Waals surface area (Å²) in [6.45, 7) is 2.75. The molecule has 5 rings (SSSR count). The van der Waals surface area contributed by atoms with Gasteiger partial charge in [-0.3, -0.25) is 4.79 Å². The number of hydrogen-bond acceptors (Lipinski definition) is 5. The van der Waals surface area contributed by atoms with Crippen LogP contribution in [0.1, 0.15) is 34.0 Å². The highest BCUT2D eigenvalue weighted by Crippen LogP contribution is 2.38. The number of carbonyl (C=O) groups excluding carboxylic acids is 2. The van der Waals surface area contributed by atoms with Gasteiger partial charge in [0.2, 0.25) is 0 Å². The highest BCUT2D eigenvalue weighted by molar-refractivity contribution is 6.37. The van der Waals surface area contributed by atoms with Crippen molar-refractivity contribution in [3.63, 3.8) is 0 Å². The van der Waals surface area contributed by atoms with Crippen LogP contribution in [-0.4, -0.2) is 18.5 Å². The maximum absolute atomic E-state index is 13.2. The maximum atomic E-state index is 13.2. The number of anilines is 3. The Balaban J connectivity index is 1.45. The average Bonchev–Trinajstić information content (AvgIpc) is 3.27. The van der Waals surface area contributed by atoms with Gasteiger partial charge in [-0.25, -0.2) is 4.79 Å². The Morgan fingerprint density at radius 3 is 2.22 bits per heavy atom. The Labute approximate surface area is 216 Å². The summed E-state index contributed by atoms with van der Waals surface area (Å²) in [6.07, 6.45) is 0. The van der Waals surface area contributed by atoms with Gasteiger partial charge in [-0.1, -0.05) is 66.7 Å². The van der Waals surface area contributed by atoms with Crippen LogP contribution in [0.3, 0.4) is 0 Å². The SMILES string of the molecule is CCOC(=O)c1ccc2c(c1)NC(=O)/C2=C(/Nc1ccc(CNc2ccccc2)cc1)c1ccccc1. The van der Waals surface area contributed by atoms with Crippen LogP contribution in [0.15, 0.2) is 103 Å². The second-order valence-electron chi connectivity index (χ2n) is 8.59. The first-order valence-corrected chi connectivity index (χ1v) is 12.2. The second-order valence-corrected chi connectivity index (χ2v) is 8.59. The van der Waals surface area contributed by atoms with Crippen LogP contribution in [-0.2, 0) is 16.1 Å². The summed E-state index contributed by atoms with van der Waals surface area (Å²) >= 11 is 0. The van der Waals surface area contributed by atoms with Gasteiger partial charge in [-0.2, -0.15) is 0 Å². The second kappa shape index (κ2) is 10.8. The molecule has 3 N–H and O–H groups in total. The molecule has 0 radical (unpaired) electrons. The van der Waals surface area contributed by atoms with Crippen molar-refractivity contribution >= 4 is 40.2 Å². The van der Waals surface area contributed by atoms with E-state index in [4.69, 9.17) is 4.74 Å². The number of para-hydroxylation sites is 1. The zero-order chi connectivity index (χ0) is 25.6. The van der Waals surface area contributed by atoms with Gasteiger partial charge in [0.05, 0.1) is 29.1 Å². The maximum Gasteiger partial charge on any atom is 0.338 e. The normalized spacial score (nSPS) is 13.4. The molecular weight excluding hydrogens is 462 g/mol. The largest absolute Gasteiger partial charge is 0.462 e. The van der Waals surface area contributed by atoms with Crippen molar-refractivity contribution in [3.05, 3.63) is 125 Å². The van der Waals surface area contributed by atoms with E-state index in [1.54, 1.807) is 25.1 Å². The Morgan fingerprint density at radius 1 is 0.811 bits per heavy atom. The third kappa shape index (κ3) is 5.38. The highest BCUT2D eigenvalue weighted by atomic mass is 16.5. The molecule has 1 amide bonds. The van der Waals surface area contributed by atoms with Crippen LogP contribution in [0.4, 0.5) is 17.1 Å². The predicted molar refractivity (Wildman–Crippen MR) is 148 cm³/mol. The van der Waals surface area contributed by atoms with Crippen molar-refractivity contribution in [3.8, 4) is 0 Å². The van der Waals surface area contributed by atoms with E-state index in [1.807, 2.05) is 72.8 Å². The molecule has 1 aliphatic rings. The number of rotatable bonds is 8. The molecule has 0 fully saturated rings. The van der Waals surface area contributed by atoms with E-state index in [0.29, 0.717) is 29.1 Å². The van der Waals surface area contributed by atoms with E-state index in [1.165, 1.54) is 0 Å². The van der Waals surface area contributed by atoms with Crippen LogP contribution in [0.2, 0.25) is 0 Å². The molecule has 0 atom stereocenters. The molecule has 0 spiro atoms. The van der Waals surface area contributed by atoms with Crippen LogP contribution in [0.5, 0.6) is 0 Å².